The van der Waals surface area contributed by atoms with Gasteiger partial charge in [-0.1, -0.05) is 19.0 Å². The molecule has 2 aliphatic rings. The molecule has 2 saturated carbocycles. The first kappa shape index (κ1) is 25.0. The Morgan fingerprint density at radius 1 is 1.11 bits per heavy atom. The monoisotopic (exact) mass is 512 g/mol. The Bertz CT molecular complexity index is 1290. The molecule has 3 N–H and O–H groups in total. The number of H-pyrrole nitrogens is 1. The van der Waals surface area contributed by atoms with E-state index in [2.05, 4.69) is 31.0 Å². The van der Waals surface area contributed by atoms with Crippen LogP contribution in [0.1, 0.15) is 72.9 Å². The molecule has 11 heteroatoms. The van der Waals surface area contributed by atoms with Crippen LogP contribution >= 0.6 is 0 Å². The summed E-state index contributed by atoms with van der Waals surface area (Å²) in [4.78, 5) is 30.5. The molecule has 37 heavy (non-hydrogen) atoms. The minimum absolute atomic E-state index is 0.0504. The van der Waals surface area contributed by atoms with E-state index in [1.165, 1.54) is 6.26 Å². The number of rotatable bonds is 9. The summed E-state index contributed by atoms with van der Waals surface area (Å²) in [5.41, 5.74) is 1.68. The number of aryl methyl sites for hydroxylation is 2. The van der Waals surface area contributed by atoms with Crippen LogP contribution < -0.4 is 10.6 Å². The Morgan fingerprint density at radius 2 is 1.78 bits per heavy atom. The molecule has 196 valence electrons. The number of hydrogen-bond acceptors (Lipinski definition) is 6. The highest BCUT2D eigenvalue weighted by molar-refractivity contribution is 6.01. The van der Waals surface area contributed by atoms with Gasteiger partial charge in [0, 0.05) is 17.3 Å². The maximum Gasteiger partial charge on any atom is 0.257 e. The SMILES string of the molecule is Cc1n[nH]c(C)c1-c1c(F)cc(NC(=O)[C@@H](NC(=O)c2conc2C(C)C)C(C2CC2)C2CC2)nc1F. The van der Waals surface area contributed by atoms with Crippen molar-refractivity contribution in [2.24, 2.45) is 17.8 Å². The third kappa shape index (κ3) is 4.99. The number of amides is 2. The number of aromatic amines is 1. The topological polar surface area (TPSA) is 126 Å². The van der Waals surface area contributed by atoms with Crippen LogP contribution in [-0.4, -0.2) is 38.2 Å². The van der Waals surface area contributed by atoms with Gasteiger partial charge in [-0.25, -0.2) is 9.37 Å². The molecule has 0 bridgehead atoms. The first-order valence-corrected chi connectivity index (χ1v) is 12.6. The summed E-state index contributed by atoms with van der Waals surface area (Å²) in [6.45, 7) is 7.08. The van der Waals surface area contributed by atoms with Crippen molar-refractivity contribution < 1.29 is 22.9 Å². The third-order valence-corrected chi connectivity index (χ3v) is 7.23. The maximum atomic E-state index is 15.1. The third-order valence-electron chi connectivity index (χ3n) is 7.23. The second kappa shape index (κ2) is 9.68. The van der Waals surface area contributed by atoms with Gasteiger partial charge in [0.1, 0.15) is 29.5 Å². The number of nitrogens with one attached hydrogen (secondary N) is 3. The average molecular weight is 513 g/mol. The van der Waals surface area contributed by atoms with E-state index < -0.39 is 29.6 Å². The van der Waals surface area contributed by atoms with E-state index in [0.29, 0.717) is 34.5 Å². The van der Waals surface area contributed by atoms with Crippen LogP contribution in [0.3, 0.4) is 0 Å². The van der Waals surface area contributed by atoms with E-state index in [1.807, 2.05) is 13.8 Å². The van der Waals surface area contributed by atoms with Crippen LogP contribution in [0.4, 0.5) is 14.6 Å². The zero-order valence-electron chi connectivity index (χ0n) is 21.2. The lowest BCUT2D eigenvalue weighted by Crippen LogP contribution is -2.50. The van der Waals surface area contributed by atoms with Crippen LogP contribution in [0.5, 0.6) is 0 Å². The molecule has 3 aromatic rings. The molecular weight excluding hydrogens is 482 g/mol. The molecule has 1 atom stereocenters. The molecule has 5 rings (SSSR count). The summed E-state index contributed by atoms with van der Waals surface area (Å²) in [5.74, 6) is -2.73. The van der Waals surface area contributed by atoms with Crippen molar-refractivity contribution in [3.63, 3.8) is 0 Å². The Balaban J connectivity index is 1.42. The molecular formula is C26H30F2N6O3. The van der Waals surface area contributed by atoms with Crippen LogP contribution in [0, 0.1) is 43.4 Å². The van der Waals surface area contributed by atoms with Crippen LogP contribution in [0.15, 0.2) is 16.9 Å². The normalized spacial score (nSPS) is 16.3. The van der Waals surface area contributed by atoms with Gasteiger partial charge in [0.2, 0.25) is 11.9 Å². The van der Waals surface area contributed by atoms with Gasteiger partial charge in [-0.15, -0.1) is 0 Å². The number of nitrogens with zero attached hydrogens (tertiary/aromatic N) is 3. The Kier molecular flexibility index (Phi) is 6.55. The number of pyridine rings is 1. The zero-order chi connectivity index (χ0) is 26.4. The molecule has 0 unspecified atom stereocenters. The maximum absolute atomic E-state index is 15.1. The fourth-order valence-electron chi connectivity index (χ4n) is 5.17. The number of carbonyl (C=O) groups excluding carboxylic acids is 2. The predicted molar refractivity (Wildman–Crippen MR) is 131 cm³/mol. The largest absolute Gasteiger partial charge is 0.364 e. The number of halogens is 2. The summed E-state index contributed by atoms with van der Waals surface area (Å²) < 4.78 is 35.1. The molecule has 2 fully saturated rings. The highest BCUT2D eigenvalue weighted by Crippen LogP contribution is 2.51. The summed E-state index contributed by atoms with van der Waals surface area (Å²) in [6.07, 6.45) is 5.18. The lowest BCUT2D eigenvalue weighted by atomic mass is 9.88. The second-order valence-electron chi connectivity index (χ2n) is 10.4. The lowest BCUT2D eigenvalue weighted by Gasteiger charge is -2.27. The highest BCUT2D eigenvalue weighted by atomic mass is 19.1. The zero-order valence-corrected chi connectivity index (χ0v) is 21.2. The van der Waals surface area contributed by atoms with E-state index in [4.69, 9.17) is 4.52 Å². The summed E-state index contributed by atoms with van der Waals surface area (Å²) in [5, 5.41) is 16.0. The Morgan fingerprint density at radius 3 is 2.32 bits per heavy atom. The van der Waals surface area contributed by atoms with Crippen LogP contribution in [-0.2, 0) is 4.79 Å². The van der Waals surface area contributed by atoms with E-state index in [1.54, 1.807) is 13.8 Å². The van der Waals surface area contributed by atoms with E-state index in [9.17, 15) is 9.59 Å². The fraction of sp³-hybridized carbons (Fsp3) is 0.500. The number of anilines is 1. The smallest absolute Gasteiger partial charge is 0.257 e. The minimum Gasteiger partial charge on any atom is -0.364 e. The molecule has 0 saturated heterocycles. The molecule has 0 spiro atoms. The molecule has 0 aliphatic heterocycles. The van der Waals surface area contributed by atoms with Gasteiger partial charge in [-0.3, -0.25) is 14.7 Å². The van der Waals surface area contributed by atoms with Crippen molar-refractivity contribution in [3.05, 3.63) is 46.7 Å². The van der Waals surface area contributed by atoms with Crippen molar-refractivity contribution in [3.8, 4) is 11.1 Å². The quantitative estimate of drug-likeness (QED) is 0.358. The van der Waals surface area contributed by atoms with Crippen LogP contribution in [0.2, 0.25) is 0 Å². The first-order chi connectivity index (χ1) is 17.7. The summed E-state index contributed by atoms with van der Waals surface area (Å²) >= 11 is 0. The molecule has 2 aliphatic carbocycles. The Hall–Kier alpha value is -3.63. The fourth-order valence-corrected chi connectivity index (χ4v) is 5.17. The van der Waals surface area contributed by atoms with Gasteiger partial charge in [0.05, 0.1) is 17.0 Å². The second-order valence-corrected chi connectivity index (χ2v) is 10.4. The summed E-state index contributed by atoms with van der Waals surface area (Å²) in [7, 11) is 0. The van der Waals surface area contributed by atoms with Crippen molar-refractivity contribution in [1.29, 1.82) is 0 Å². The van der Waals surface area contributed by atoms with E-state index >= 15 is 8.78 Å². The van der Waals surface area contributed by atoms with Crippen molar-refractivity contribution in [1.82, 2.24) is 25.7 Å². The average Bonchev–Trinajstić information content (AvgIpc) is 3.77. The first-order valence-electron chi connectivity index (χ1n) is 12.6. The van der Waals surface area contributed by atoms with Gasteiger partial charge in [-0.2, -0.15) is 9.49 Å². The van der Waals surface area contributed by atoms with Crippen molar-refractivity contribution in [2.45, 2.75) is 65.3 Å². The van der Waals surface area contributed by atoms with Crippen molar-refractivity contribution in [2.75, 3.05) is 5.32 Å². The molecule has 9 nitrogen and oxygen atoms in total. The van der Waals surface area contributed by atoms with E-state index in [0.717, 1.165) is 31.7 Å². The standard InChI is InChI=1S/C26H30F2N6O3/c1-11(2)22-16(10-37-34-22)25(35)31-23(20(14-5-6-14)15-7-8-15)26(36)30-18-9-17(27)21(24(28)29-18)19-12(3)32-33-13(19)4/h9-11,14-15,20,23H,5-8H2,1-4H3,(H,31,35)(H,32,33)(H,29,30,36)/t23-/m0/s1. The summed E-state index contributed by atoms with van der Waals surface area (Å²) in [6, 6.07) is 0.0923. The molecule has 0 radical (unpaired) electrons. The lowest BCUT2D eigenvalue weighted by molar-refractivity contribution is -0.119. The minimum atomic E-state index is -1.06. The molecule has 3 aromatic heterocycles. The van der Waals surface area contributed by atoms with E-state index in [-0.39, 0.29) is 28.8 Å². The molecule has 3 heterocycles. The van der Waals surface area contributed by atoms with Gasteiger partial charge < -0.3 is 15.2 Å². The highest BCUT2D eigenvalue weighted by Gasteiger charge is 2.48. The van der Waals surface area contributed by atoms with Crippen molar-refractivity contribution >= 4 is 17.6 Å². The molecule has 2 amide bonds. The predicted octanol–water partition coefficient (Wildman–Crippen LogP) is 4.65. The number of carbonyl (C=O) groups is 2. The number of hydrogen-bond donors (Lipinski definition) is 3. The van der Waals surface area contributed by atoms with Crippen LogP contribution in [0.25, 0.3) is 11.1 Å². The number of aromatic nitrogens is 4. The van der Waals surface area contributed by atoms with Gasteiger partial charge in [-0.05, 0) is 63.2 Å². The van der Waals surface area contributed by atoms with Gasteiger partial charge in [0.25, 0.3) is 5.91 Å². The van der Waals surface area contributed by atoms with Gasteiger partial charge >= 0.3 is 0 Å². The molecule has 0 aromatic carbocycles. The van der Waals surface area contributed by atoms with Gasteiger partial charge in [0.15, 0.2) is 0 Å². The Labute approximate surface area is 212 Å².